The molecule has 0 amide bonds. The Kier molecular flexibility index (Phi) is 3.64. The Labute approximate surface area is 124 Å². The van der Waals surface area contributed by atoms with Crippen molar-refractivity contribution in [3.63, 3.8) is 0 Å². The van der Waals surface area contributed by atoms with Gasteiger partial charge in [-0.1, -0.05) is 18.2 Å². The van der Waals surface area contributed by atoms with Gasteiger partial charge in [-0.15, -0.1) is 11.3 Å². The van der Waals surface area contributed by atoms with E-state index in [1.54, 1.807) is 11.3 Å². The van der Waals surface area contributed by atoms with Crippen LogP contribution in [0, 0.1) is 0 Å². The Morgan fingerprint density at radius 1 is 1.26 bits per heavy atom. The van der Waals surface area contributed by atoms with E-state index in [1.165, 1.54) is 15.8 Å². The normalized spacial score (nSPS) is 12.7. The lowest BCUT2D eigenvalue weighted by Crippen LogP contribution is -2.16. The summed E-state index contributed by atoms with van der Waals surface area (Å²) in [7, 11) is 1.99. The predicted octanol–water partition coefficient (Wildman–Crippen LogP) is 4.37. The molecule has 3 rings (SSSR count). The summed E-state index contributed by atoms with van der Waals surface area (Å²) < 4.78 is 1.13. The van der Waals surface area contributed by atoms with Crippen LogP contribution in [0.4, 0.5) is 0 Å². The van der Waals surface area contributed by atoms with Crippen LogP contribution in [-0.4, -0.2) is 12.0 Å². The Bertz CT molecular complexity index is 703. The fourth-order valence-electron chi connectivity index (χ4n) is 2.31. The van der Waals surface area contributed by atoms with Crippen LogP contribution in [0.3, 0.4) is 0 Å². The van der Waals surface area contributed by atoms with Gasteiger partial charge in [0.05, 0.1) is 11.6 Å². The molecule has 1 aromatic carbocycles. The van der Waals surface area contributed by atoms with E-state index in [4.69, 9.17) is 0 Å². The summed E-state index contributed by atoms with van der Waals surface area (Å²) in [6.07, 6.45) is 1.84. The molecule has 2 heterocycles. The fourth-order valence-corrected chi connectivity index (χ4v) is 3.88. The van der Waals surface area contributed by atoms with Crippen LogP contribution in [-0.2, 0) is 0 Å². The quantitative estimate of drug-likeness (QED) is 0.770. The summed E-state index contributed by atoms with van der Waals surface area (Å²) >= 11 is 5.28. The monoisotopic (exact) mass is 332 g/mol. The summed E-state index contributed by atoms with van der Waals surface area (Å²) in [5.74, 6) is 0. The molecule has 0 aliphatic rings. The van der Waals surface area contributed by atoms with Crippen molar-refractivity contribution in [1.82, 2.24) is 10.3 Å². The minimum Gasteiger partial charge on any atom is -0.309 e. The van der Waals surface area contributed by atoms with Gasteiger partial charge in [-0.25, -0.2) is 0 Å². The van der Waals surface area contributed by atoms with Gasteiger partial charge in [0.2, 0.25) is 0 Å². The first-order valence-electron chi connectivity index (χ1n) is 6.04. The summed E-state index contributed by atoms with van der Waals surface area (Å²) in [5.41, 5.74) is 2.30. The zero-order valence-corrected chi connectivity index (χ0v) is 12.8. The van der Waals surface area contributed by atoms with E-state index in [0.29, 0.717) is 0 Å². The van der Waals surface area contributed by atoms with Crippen LogP contribution in [0.1, 0.15) is 16.5 Å². The van der Waals surface area contributed by atoms with E-state index in [-0.39, 0.29) is 6.04 Å². The van der Waals surface area contributed by atoms with E-state index in [0.717, 1.165) is 9.99 Å². The number of nitrogens with one attached hydrogen (secondary N) is 1. The van der Waals surface area contributed by atoms with Crippen LogP contribution in [0.5, 0.6) is 0 Å². The number of nitrogens with zero attached hydrogens (tertiary/aromatic N) is 1. The molecule has 1 N–H and O–H groups in total. The van der Waals surface area contributed by atoms with Crippen LogP contribution < -0.4 is 5.32 Å². The molecule has 0 saturated heterocycles. The van der Waals surface area contributed by atoms with Gasteiger partial charge in [-0.2, -0.15) is 0 Å². The minimum atomic E-state index is 0.198. The third kappa shape index (κ3) is 2.43. The van der Waals surface area contributed by atoms with Crippen molar-refractivity contribution in [3.05, 3.63) is 62.9 Å². The van der Waals surface area contributed by atoms with E-state index < -0.39 is 0 Å². The number of aromatic nitrogens is 1. The molecule has 4 heteroatoms. The number of hydrogen-bond donors (Lipinski definition) is 1. The Morgan fingerprint density at radius 3 is 2.89 bits per heavy atom. The van der Waals surface area contributed by atoms with Crippen LogP contribution in [0.25, 0.3) is 10.9 Å². The molecule has 0 saturated carbocycles. The van der Waals surface area contributed by atoms with Gasteiger partial charge in [0.25, 0.3) is 0 Å². The lowest BCUT2D eigenvalue weighted by Gasteiger charge is -2.17. The van der Waals surface area contributed by atoms with Gasteiger partial charge >= 0.3 is 0 Å². The highest BCUT2D eigenvalue weighted by atomic mass is 79.9. The number of thiophene rings is 1. The topological polar surface area (TPSA) is 24.9 Å². The number of benzene rings is 1. The molecule has 0 aliphatic heterocycles. The predicted molar refractivity (Wildman–Crippen MR) is 84.7 cm³/mol. The van der Waals surface area contributed by atoms with Crippen molar-refractivity contribution in [3.8, 4) is 0 Å². The standard InChI is InChI=1S/C15H13BrN2S/c1-17-15(14-8-10(16)9-19-14)12-4-2-6-13-11(12)5-3-7-18-13/h2-9,15,17H,1H3. The molecule has 19 heavy (non-hydrogen) atoms. The number of halogens is 1. The zero-order valence-electron chi connectivity index (χ0n) is 10.4. The minimum absolute atomic E-state index is 0.198. The van der Waals surface area contributed by atoms with E-state index in [2.05, 4.69) is 61.9 Å². The molecule has 2 nitrogen and oxygen atoms in total. The highest BCUT2D eigenvalue weighted by Gasteiger charge is 2.16. The second-order valence-corrected chi connectivity index (χ2v) is 6.16. The van der Waals surface area contributed by atoms with Gasteiger partial charge in [0, 0.05) is 26.3 Å². The molecule has 0 radical (unpaired) electrons. The van der Waals surface area contributed by atoms with Crippen molar-refractivity contribution >= 4 is 38.2 Å². The van der Waals surface area contributed by atoms with E-state index in [9.17, 15) is 0 Å². The SMILES string of the molecule is CNC(c1cc(Br)cs1)c1cccc2ncccc12. The number of pyridine rings is 1. The summed E-state index contributed by atoms with van der Waals surface area (Å²) in [5, 5.41) is 6.72. The van der Waals surface area contributed by atoms with E-state index >= 15 is 0 Å². The van der Waals surface area contributed by atoms with Gasteiger partial charge in [-0.3, -0.25) is 4.98 Å². The lowest BCUT2D eigenvalue weighted by atomic mass is 10.0. The average molecular weight is 333 g/mol. The van der Waals surface area contributed by atoms with Crippen molar-refractivity contribution in [2.24, 2.45) is 0 Å². The van der Waals surface area contributed by atoms with Crippen LogP contribution in [0.15, 0.2) is 52.4 Å². The molecule has 0 fully saturated rings. The molecule has 3 aromatic rings. The first kappa shape index (κ1) is 12.8. The van der Waals surface area contributed by atoms with Crippen LogP contribution in [0.2, 0.25) is 0 Å². The second-order valence-electron chi connectivity index (χ2n) is 4.31. The zero-order chi connectivity index (χ0) is 13.2. The molecule has 0 aliphatic carbocycles. The largest absolute Gasteiger partial charge is 0.309 e. The highest BCUT2D eigenvalue weighted by Crippen LogP contribution is 2.32. The second kappa shape index (κ2) is 5.41. The molecular weight excluding hydrogens is 320 g/mol. The molecule has 1 unspecified atom stereocenters. The van der Waals surface area contributed by atoms with Gasteiger partial charge in [0.15, 0.2) is 0 Å². The molecule has 1 atom stereocenters. The van der Waals surface area contributed by atoms with Gasteiger partial charge in [0.1, 0.15) is 0 Å². The summed E-state index contributed by atoms with van der Waals surface area (Å²) in [6, 6.07) is 12.8. The number of rotatable bonds is 3. The maximum absolute atomic E-state index is 4.42. The van der Waals surface area contributed by atoms with Crippen LogP contribution >= 0.6 is 27.3 Å². The lowest BCUT2D eigenvalue weighted by molar-refractivity contribution is 0.709. The molecule has 2 aromatic heterocycles. The smallest absolute Gasteiger partial charge is 0.0705 e. The van der Waals surface area contributed by atoms with Gasteiger partial charge < -0.3 is 5.32 Å². The average Bonchev–Trinajstić information content (AvgIpc) is 2.86. The third-order valence-electron chi connectivity index (χ3n) is 3.15. The maximum Gasteiger partial charge on any atom is 0.0705 e. The van der Waals surface area contributed by atoms with Crippen molar-refractivity contribution in [2.45, 2.75) is 6.04 Å². The number of fused-ring (bicyclic) bond motifs is 1. The maximum atomic E-state index is 4.42. The van der Waals surface area contributed by atoms with Crippen molar-refractivity contribution in [1.29, 1.82) is 0 Å². The molecule has 96 valence electrons. The first-order valence-corrected chi connectivity index (χ1v) is 7.71. The Balaban J connectivity index is 2.16. The van der Waals surface area contributed by atoms with Crippen molar-refractivity contribution in [2.75, 3.05) is 7.05 Å². The van der Waals surface area contributed by atoms with Crippen molar-refractivity contribution < 1.29 is 0 Å². The van der Waals surface area contributed by atoms with Gasteiger partial charge in [-0.05, 0) is 46.7 Å². The summed E-state index contributed by atoms with van der Waals surface area (Å²) in [6.45, 7) is 0. The summed E-state index contributed by atoms with van der Waals surface area (Å²) in [4.78, 5) is 5.72. The highest BCUT2D eigenvalue weighted by molar-refractivity contribution is 9.10. The fraction of sp³-hybridized carbons (Fsp3) is 0.133. The third-order valence-corrected chi connectivity index (χ3v) is 4.91. The molecular formula is C15H13BrN2S. The number of hydrogen-bond acceptors (Lipinski definition) is 3. The molecule has 0 bridgehead atoms. The molecule has 0 spiro atoms. The Morgan fingerprint density at radius 2 is 2.16 bits per heavy atom. The van der Waals surface area contributed by atoms with E-state index in [1.807, 2.05) is 19.3 Å². The Hall–Kier alpha value is -1.23. The first-order chi connectivity index (χ1) is 9.29.